The molecule has 6 rings (SSSR count). The van der Waals surface area contributed by atoms with Crippen LogP contribution in [0, 0.1) is 18.3 Å². The lowest BCUT2D eigenvalue weighted by Gasteiger charge is -2.31. The molecule has 0 spiro atoms. The summed E-state index contributed by atoms with van der Waals surface area (Å²) in [7, 11) is 0. The van der Waals surface area contributed by atoms with E-state index in [1.54, 1.807) is 12.3 Å². The zero-order chi connectivity index (χ0) is 33.0. The van der Waals surface area contributed by atoms with Gasteiger partial charge in [0.05, 0.1) is 12.1 Å². The zero-order valence-electron chi connectivity index (χ0n) is 27.3. The average molecular weight is 634 g/mol. The van der Waals surface area contributed by atoms with E-state index in [0.29, 0.717) is 50.0 Å². The molecule has 2 aliphatic rings. The number of rotatable bonds is 9. The van der Waals surface area contributed by atoms with Gasteiger partial charge in [-0.15, -0.1) is 0 Å². The molecule has 4 aromatic rings. The third-order valence-electron chi connectivity index (χ3n) is 8.14. The van der Waals surface area contributed by atoms with Crippen molar-refractivity contribution in [1.29, 1.82) is 5.26 Å². The second kappa shape index (κ2) is 13.7. The van der Waals surface area contributed by atoms with Crippen molar-refractivity contribution in [3.8, 4) is 40.2 Å². The Morgan fingerprint density at radius 1 is 1.00 bits per heavy atom. The molecule has 0 saturated carbocycles. The van der Waals surface area contributed by atoms with Crippen LogP contribution in [0.1, 0.15) is 54.2 Å². The molecule has 0 unspecified atom stereocenters. The molecule has 0 amide bonds. The molecule has 0 radical (unpaired) electrons. The van der Waals surface area contributed by atoms with Gasteiger partial charge in [0.15, 0.2) is 11.5 Å². The molecule has 3 heterocycles. The first kappa shape index (κ1) is 31.9. The number of hydrogen-bond donors (Lipinski definition) is 0. The summed E-state index contributed by atoms with van der Waals surface area (Å²) >= 11 is 0. The van der Waals surface area contributed by atoms with E-state index < -0.39 is 5.60 Å². The van der Waals surface area contributed by atoms with Gasteiger partial charge in [-0.05, 0) is 86.2 Å². The van der Waals surface area contributed by atoms with Gasteiger partial charge >= 0.3 is 5.97 Å². The maximum atomic E-state index is 12.7. The Bertz CT molecular complexity index is 1820. The first-order valence-electron chi connectivity index (χ1n) is 15.8. The standard InChI is InChI=1S/C38H39N3O6/c1-25-30(6-5-7-32(25)28-8-9-34-36(16-28)44-13-12-43-34)24-46-35-17-31(45-23-27-14-26(18-39)19-40-20-27)15-29-10-11-41(21-33(29)35)22-37(42)47-38(2,3)4/h5-9,14-17,19-20H,10-13,21-24H2,1-4H3. The minimum absolute atomic E-state index is 0.202. The van der Waals surface area contributed by atoms with Crippen molar-refractivity contribution < 1.29 is 28.5 Å². The molecule has 1 aromatic heterocycles. The van der Waals surface area contributed by atoms with E-state index in [1.807, 2.05) is 51.1 Å². The Kier molecular flexibility index (Phi) is 9.32. The number of benzene rings is 3. The van der Waals surface area contributed by atoms with E-state index in [-0.39, 0.29) is 19.1 Å². The van der Waals surface area contributed by atoms with E-state index in [0.717, 1.165) is 56.9 Å². The third kappa shape index (κ3) is 7.84. The fraction of sp³-hybridized carbons (Fsp3) is 0.342. The van der Waals surface area contributed by atoms with Crippen molar-refractivity contribution in [1.82, 2.24) is 9.88 Å². The summed E-state index contributed by atoms with van der Waals surface area (Å²) in [6.45, 7) is 10.9. The molecule has 9 heteroatoms. The molecule has 242 valence electrons. The summed E-state index contributed by atoms with van der Waals surface area (Å²) in [6, 6.07) is 20.1. The Morgan fingerprint density at radius 3 is 2.64 bits per heavy atom. The predicted molar refractivity (Wildman–Crippen MR) is 176 cm³/mol. The van der Waals surface area contributed by atoms with E-state index in [4.69, 9.17) is 23.7 Å². The second-order valence-corrected chi connectivity index (χ2v) is 12.8. The van der Waals surface area contributed by atoms with Crippen LogP contribution in [0.5, 0.6) is 23.0 Å². The third-order valence-corrected chi connectivity index (χ3v) is 8.14. The van der Waals surface area contributed by atoms with Gasteiger partial charge < -0.3 is 23.7 Å². The molecule has 3 aromatic carbocycles. The smallest absolute Gasteiger partial charge is 0.320 e. The molecule has 9 nitrogen and oxygen atoms in total. The fourth-order valence-corrected chi connectivity index (χ4v) is 5.88. The van der Waals surface area contributed by atoms with E-state index >= 15 is 0 Å². The molecule has 0 fully saturated rings. The molecular formula is C38H39N3O6. The summed E-state index contributed by atoms with van der Waals surface area (Å²) in [5.74, 6) is 2.65. The average Bonchev–Trinajstić information content (AvgIpc) is 3.06. The number of fused-ring (bicyclic) bond motifs is 2. The summed E-state index contributed by atoms with van der Waals surface area (Å²) in [5, 5.41) is 9.26. The quantitative estimate of drug-likeness (QED) is 0.190. The molecular weight excluding hydrogens is 594 g/mol. The van der Waals surface area contributed by atoms with Crippen LogP contribution in [0.15, 0.2) is 67.0 Å². The van der Waals surface area contributed by atoms with Gasteiger partial charge in [0.25, 0.3) is 0 Å². The van der Waals surface area contributed by atoms with E-state index in [2.05, 4.69) is 41.1 Å². The van der Waals surface area contributed by atoms with Crippen molar-refractivity contribution in [2.24, 2.45) is 0 Å². The van der Waals surface area contributed by atoms with Gasteiger partial charge in [0.2, 0.25) is 0 Å². The summed E-state index contributed by atoms with van der Waals surface area (Å²) < 4.78 is 29.9. The lowest BCUT2D eigenvalue weighted by molar-refractivity contribution is -0.156. The molecule has 2 aliphatic heterocycles. The van der Waals surface area contributed by atoms with Crippen LogP contribution in [-0.2, 0) is 35.7 Å². The highest BCUT2D eigenvalue weighted by Crippen LogP contribution is 2.37. The lowest BCUT2D eigenvalue weighted by Crippen LogP contribution is -2.38. The highest BCUT2D eigenvalue weighted by atomic mass is 16.6. The first-order valence-corrected chi connectivity index (χ1v) is 15.8. The summed E-state index contributed by atoms with van der Waals surface area (Å²) in [4.78, 5) is 18.9. The van der Waals surface area contributed by atoms with Crippen molar-refractivity contribution in [2.75, 3.05) is 26.3 Å². The Balaban J connectivity index is 1.25. The van der Waals surface area contributed by atoms with Gasteiger partial charge in [0, 0.05) is 42.7 Å². The van der Waals surface area contributed by atoms with Crippen LogP contribution in [0.25, 0.3) is 11.1 Å². The summed E-state index contributed by atoms with van der Waals surface area (Å²) in [6.07, 6.45) is 3.96. The van der Waals surface area contributed by atoms with Gasteiger partial charge in [-0.2, -0.15) is 5.26 Å². The van der Waals surface area contributed by atoms with Crippen LogP contribution in [0.3, 0.4) is 0 Å². The normalized spacial score (nSPS) is 14.1. The number of nitrogens with zero attached hydrogens (tertiary/aromatic N) is 3. The van der Waals surface area contributed by atoms with Crippen molar-refractivity contribution in [3.05, 3.63) is 100 Å². The minimum atomic E-state index is -0.542. The lowest BCUT2D eigenvalue weighted by atomic mass is 9.96. The van der Waals surface area contributed by atoms with Gasteiger partial charge in [-0.25, -0.2) is 0 Å². The zero-order valence-corrected chi connectivity index (χ0v) is 27.3. The van der Waals surface area contributed by atoms with Crippen molar-refractivity contribution in [2.45, 2.75) is 59.5 Å². The Labute approximate surface area is 275 Å². The molecule has 0 saturated heterocycles. The van der Waals surface area contributed by atoms with Crippen LogP contribution in [0.2, 0.25) is 0 Å². The van der Waals surface area contributed by atoms with Crippen LogP contribution in [0.4, 0.5) is 0 Å². The Hall–Kier alpha value is -5.07. The van der Waals surface area contributed by atoms with Crippen molar-refractivity contribution >= 4 is 5.97 Å². The topological polar surface area (TPSA) is 103 Å². The molecule has 0 bridgehead atoms. The molecule has 47 heavy (non-hydrogen) atoms. The summed E-state index contributed by atoms with van der Waals surface area (Å²) in [5.41, 5.74) is 7.21. The van der Waals surface area contributed by atoms with E-state index in [1.165, 1.54) is 6.20 Å². The largest absolute Gasteiger partial charge is 0.489 e. The molecule has 0 N–H and O–H groups in total. The first-order chi connectivity index (χ1) is 22.6. The minimum Gasteiger partial charge on any atom is -0.489 e. The number of aromatic nitrogens is 1. The highest BCUT2D eigenvalue weighted by molar-refractivity contribution is 5.72. The Morgan fingerprint density at radius 2 is 1.83 bits per heavy atom. The number of carbonyl (C=O) groups excluding carboxylic acids is 1. The predicted octanol–water partition coefficient (Wildman–Crippen LogP) is 6.56. The van der Waals surface area contributed by atoms with Crippen LogP contribution >= 0.6 is 0 Å². The van der Waals surface area contributed by atoms with Gasteiger partial charge in [-0.3, -0.25) is 14.7 Å². The molecule has 0 atom stereocenters. The number of esters is 1. The second-order valence-electron chi connectivity index (χ2n) is 12.8. The maximum absolute atomic E-state index is 12.7. The fourth-order valence-electron chi connectivity index (χ4n) is 5.88. The van der Waals surface area contributed by atoms with Crippen LogP contribution < -0.4 is 18.9 Å². The number of ether oxygens (including phenoxy) is 5. The highest BCUT2D eigenvalue weighted by Gasteiger charge is 2.26. The van der Waals surface area contributed by atoms with Gasteiger partial charge in [-0.1, -0.05) is 24.3 Å². The van der Waals surface area contributed by atoms with E-state index in [9.17, 15) is 10.1 Å². The molecule has 0 aliphatic carbocycles. The van der Waals surface area contributed by atoms with Crippen LogP contribution in [-0.4, -0.2) is 47.8 Å². The monoisotopic (exact) mass is 633 g/mol. The van der Waals surface area contributed by atoms with Crippen molar-refractivity contribution in [3.63, 3.8) is 0 Å². The number of pyridine rings is 1. The number of hydrogen-bond acceptors (Lipinski definition) is 9. The maximum Gasteiger partial charge on any atom is 0.320 e. The van der Waals surface area contributed by atoms with Gasteiger partial charge in [0.1, 0.15) is 49.6 Å². The number of carbonyl (C=O) groups is 1. The SMILES string of the molecule is Cc1c(COc2cc(OCc3cncc(C#N)c3)cc3c2CN(CC(=O)OC(C)(C)C)CC3)cccc1-c1ccc2c(c1)OCCO2. The number of nitriles is 1.